The van der Waals surface area contributed by atoms with Crippen molar-refractivity contribution in [3.63, 3.8) is 0 Å². The molecule has 5 nitrogen and oxygen atoms in total. The lowest BCUT2D eigenvalue weighted by atomic mass is 10.0. The van der Waals surface area contributed by atoms with Crippen molar-refractivity contribution in [3.05, 3.63) is 34.6 Å². The van der Waals surface area contributed by atoms with Gasteiger partial charge in [-0.1, -0.05) is 17.7 Å². The first-order valence-electron chi connectivity index (χ1n) is 8.77. The van der Waals surface area contributed by atoms with E-state index in [4.69, 9.17) is 16.3 Å². The number of nitrogens with zero attached hydrogens (tertiary/aromatic N) is 2. The molecule has 0 N–H and O–H groups in total. The molecule has 0 saturated carbocycles. The molecule has 1 aliphatic heterocycles. The van der Waals surface area contributed by atoms with Crippen LogP contribution in [0.5, 0.6) is 0 Å². The number of hydrogen-bond donors (Lipinski definition) is 0. The minimum absolute atomic E-state index is 0.0446. The Balaban J connectivity index is 2.13. The number of halogens is 2. The van der Waals surface area contributed by atoms with Gasteiger partial charge in [-0.25, -0.2) is 9.18 Å². The number of amides is 2. The van der Waals surface area contributed by atoms with Crippen LogP contribution in [0.1, 0.15) is 45.6 Å². The van der Waals surface area contributed by atoms with Gasteiger partial charge in [-0.15, -0.1) is 0 Å². The van der Waals surface area contributed by atoms with E-state index in [1.165, 1.54) is 21.9 Å². The van der Waals surface area contributed by atoms with Crippen LogP contribution >= 0.6 is 11.6 Å². The molecule has 0 aliphatic carbocycles. The standard InChI is InChI=1S/C19H26ClFN2O3/c1-19(2,3)26-18(25)23-11-6-5-10-16(23)17(24)22(4)12-13-14(20)8-7-9-15(13)21/h7-9,16H,5-6,10-12H2,1-4H3. The van der Waals surface area contributed by atoms with Gasteiger partial charge in [0.1, 0.15) is 17.5 Å². The largest absolute Gasteiger partial charge is 0.444 e. The Kier molecular flexibility index (Phi) is 6.50. The molecule has 1 aromatic rings. The van der Waals surface area contributed by atoms with Gasteiger partial charge in [0.15, 0.2) is 0 Å². The van der Waals surface area contributed by atoms with Crippen molar-refractivity contribution in [3.8, 4) is 0 Å². The van der Waals surface area contributed by atoms with Crippen LogP contribution in [0.4, 0.5) is 9.18 Å². The summed E-state index contributed by atoms with van der Waals surface area (Å²) in [4.78, 5) is 28.3. The van der Waals surface area contributed by atoms with Gasteiger partial charge in [0.05, 0.1) is 0 Å². The first kappa shape index (κ1) is 20.5. The highest BCUT2D eigenvalue weighted by Gasteiger charge is 2.36. The van der Waals surface area contributed by atoms with Crippen LogP contribution < -0.4 is 0 Å². The number of hydrogen-bond acceptors (Lipinski definition) is 3. The van der Waals surface area contributed by atoms with Crippen molar-refractivity contribution < 1.29 is 18.7 Å². The van der Waals surface area contributed by atoms with Gasteiger partial charge >= 0.3 is 6.09 Å². The van der Waals surface area contributed by atoms with Gasteiger partial charge in [0.25, 0.3) is 0 Å². The van der Waals surface area contributed by atoms with Crippen molar-refractivity contribution in [2.75, 3.05) is 13.6 Å². The summed E-state index contributed by atoms with van der Waals surface area (Å²) in [5.41, 5.74) is -0.362. The Morgan fingerprint density at radius 2 is 2.04 bits per heavy atom. The number of ether oxygens (including phenoxy) is 1. The van der Waals surface area contributed by atoms with E-state index in [0.717, 1.165) is 12.8 Å². The molecule has 1 fully saturated rings. The van der Waals surface area contributed by atoms with Crippen molar-refractivity contribution in [1.82, 2.24) is 9.80 Å². The fraction of sp³-hybridized carbons (Fsp3) is 0.579. The molecular weight excluding hydrogens is 359 g/mol. The van der Waals surface area contributed by atoms with Crippen LogP contribution in [0.3, 0.4) is 0 Å². The summed E-state index contributed by atoms with van der Waals surface area (Å²) < 4.78 is 19.4. The Morgan fingerprint density at radius 3 is 2.65 bits per heavy atom. The summed E-state index contributed by atoms with van der Waals surface area (Å²) in [5.74, 6) is -0.695. The molecule has 1 aromatic carbocycles. The highest BCUT2D eigenvalue weighted by atomic mass is 35.5. The van der Waals surface area contributed by atoms with Gasteiger partial charge in [0, 0.05) is 30.7 Å². The van der Waals surface area contributed by atoms with Crippen molar-refractivity contribution in [1.29, 1.82) is 0 Å². The van der Waals surface area contributed by atoms with Crippen LogP contribution in [0, 0.1) is 5.82 Å². The highest BCUT2D eigenvalue weighted by Crippen LogP contribution is 2.24. The monoisotopic (exact) mass is 384 g/mol. The van der Waals surface area contributed by atoms with Gasteiger partial charge in [-0.05, 0) is 52.2 Å². The lowest BCUT2D eigenvalue weighted by molar-refractivity contribution is -0.137. The summed E-state index contributed by atoms with van der Waals surface area (Å²) in [6, 6.07) is 3.82. The predicted molar refractivity (Wildman–Crippen MR) is 98.5 cm³/mol. The number of carbonyl (C=O) groups excluding carboxylic acids is 2. The third-order valence-electron chi connectivity index (χ3n) is 4.25. The fourth-order valence-electron chi connectivity index (χ4n) is 2.98. The minimum Gasteiger partial charge on any atom is -0.444 e. The van der Waals surface area contributed by atoms with E-state index in [-0.39, 0.29) is 23.0 Å². The highest BCUT2D eigenvalue weighted by molar-refractivity contribution is 6.31. The summed E-state index contributed by atoms with van der Waals surface area (Å²) in [5, 5.41) is 0.275. The zero-order valence-electron chi connectivity index (χ0n) is 15.7. The molecular formula is C19H26ClFN2O3. The lowest BCUT2D eigenvalue weighted by Gasteiger charge is -2.37. The van der Waals surface area contributed by atoms with Gasteiger partial charge in [-0.2, -0.15) is 0 Å². The fourth-order valence-corrected chi connectivity index (χ4v) is 3.20. The number of carbonyl (C=O) groups is 2. The molecule has 0 radical (unpaired) electrons. The first-order chi connectivity index (χ1) is 12.1. The normalized spacial score (nSPS) is 17.8. The van der Waals surface area contributed by atoms with Crippen molar-refractivity contribution in [2.45, 2.75) is 58.2 Å². The lowest BCUT2D eigenvalue weighted by Crippen LogP contribution is -2.53. The van der Waals surface area contributed by atoms with Crippen LogP contribution in [-0.2, 0) is 16.1 Å². The van der Waals surface area contributed by atoms with E-state index in [0.29, 0.717) is 13.0 Å². The maximum absolute atomic E-state index is 14.0. The Labute approximate surface area is 159 Å². The molecule has 1 heterocycles. The zero-order chi connectivity index (χ0) is 19.5. The van der Waals surface area contributed by atoms with Crippen LogP contribution in [0.25, 0.3) is 0 Å². The minimum atomic E-state index is -0.630. The van der Waals surface area contributed by atoms with Crippen molar-refractivity contribution >= 4 is 23.6 Å². The average molecular weight is 385 g/mol. The topological polar surface area (TPSA) is 49.9 Å². The summed E-state index contributed by atoms with van der Waals surface area (Å²) >= 11 is 6.05. The Hall–Kier alpha value is -1.82. The van der Waals surface area contributed by atoms with E-state index in [9.17, 15) is 14.0 Å². The number of piperidine rings is 1. The number of benzene rings is 1. The molecule has 1 aliphatic rings. The molecule has 1 unspecified atom stereocenters. The molecule has 0 bridgehead atoms. The molecule has 1 saturated heterocycles. The third-order valence-corrected chi connectivity index (χ3v) is 4.60. The second kappa shape index (κ2) is 8.25. The van der Waals surface area contributed by atoms with Crippen LogP contribution in [-0.4, -0.2) is 47.0 Å². The second-order valence-corrected chi connectivity index (χ2v) is 7.99. The maximum Gasteiger partial charge on any atom is 0.410 e. The molecule has 2 rings (SSSR count). The molecule has 0 aromatic heterocycles. The molecule has 7 heteroatoms. The molecule has 26 heavy (non-hydrogen) atoms. The van der Waals surface area contributed by atoms with Crippen LogP contribution in [0.2, 0.25) is 5.02 Å². The Morgan fingerprint density at radius 1 is 1.35 bits per heavy atom. The van der Waals surface area contributed by atoms with Gasteiger partial charge < -0.3 is 9.64 Å². The number of likely N-dealkylation sites (N-methyl/N-ethyl adjacent to an activating group) is 1. The van der Waals surface area contributed by atoms with Gasteiger partial charge in [-0.3, -0.25) is 9.69 Å². The number of likely N-dealkylation sites (tertiary alicyclic amines) is 1. The van der Waals surface area contributed by atoms with Crippen molar-refractivity contribution in [2.24, 2.45) is 0 Å². The third kappa shape index (κ3) is 5.10. The van der Waals surface area contributed by atoms with Crippen LogP contribution in [0.15, 0.2) is 18.2 Å². The average Bonchev–Trinajstić information content (AvgIpc) is 2.56. The molecule has 2 amide bonds. The molecule has 144 valence electrons. The Bertz CT molecular complexity index is 655. The number of rotatable bonds is 3. The first-order valence-corrected chi connectivity index (χ1v) is 9.15. The molecule has 0 spiro atoms. The maximum atomic E-state index is 14.0. The summed E-state index contributed by atoms with van der Waals surface area (Å²) in [7, 11) is 1.59. The molecule has 1 atom stereocenters. The van der Waals surface area contributed by atoms with E-state index >= 15 is 0 Å². The predicted octanol–water partition coefficient (Wildman–Crippen LogP) is 4.23. The SMILES string of the molecule is CN(Cc1c(F)cccc1Cl)C(=O)C1CCCCN1C(=O)OC(C)(C)C. The quantitative estimate of drug-likeness (QED) is 0.783. The van der Waals surface area contributed by atoms with Gasteiger partial charge in [0.2, 0.25) is 5.91 Å². The smallest absolute Gasteiger partial charge is 0.410 e. The second-order valence-electron chi connectivity index (χ2n) is 7.58. The van der Waals surface area contributed by atoms with E-state index in [1.807, 2.05) is 0 Å². The summed E-state index contributed by atoms with van der Waals surface area (Å²) in [6.45, 7) is 5.89. The van der Waals surface area contributed by atoms with E-state index < -0.39 is 23.6 Å². The van der Waals surface area contributed by atoms with E-state index in [2.05, 4.69) is 0 Å². The summed E-state index contributed by atoms with van der Waals surface area (Å²) in [6.07, 6.45) is 1.75. The van der Waals surface area contributed by atoms with E-state index in [1.54, 1.807) is 33.9 Å². The zero-order valence-corrected chi connectivity index (χ0v) is 16.5.